The van der Waals surface area contributed by atoms with Crippen LogP contribution in [0.1, 0.15) is 18.3 Å². The van der Waals surface area contributed by atoms with Gasteiger partial charge in [-0.2, -0.15) is 0 Å². The lowest BCUT2D eigenvalue weighted by Gasteiger charge is -2.38. The minimum Gasteiger partial charge on any atom is -0.368 e. The van der Waals surface area contributed by atoms with Crippen LogP contribution in [0, 0.1) is 6.92 Å². The number of piperazine rings is 1. The Hall–Kier alpha value is -2.28. The Kier molecular flexibility index (Phi) is 5.98. The molecule has 1 N–H and O–H groups in total. The molecular formula is C18H26ClN7. The summed E-state index contributed by atoms with van der Waals surface area (Å²) in [7, 11) is 1.82. The fraction of sp³-hybridized carbons (Fsp3) is 0.500. The lowest BCUT2D eigenvalue weighted by atomic mass is 10.1. The van der Waals surface area contributed by atoms with Crippen LogP contribution < -0.4 is 10.2 Å². The third-order valence-electron chi connectivity index (χ3n) is 4.74. The number of nitrogens with one attached hydrogen (secondary N) is 1. The number of aliphatic imine (C=N–C) groups is 1. The number of aromatic nitrogens is 3. The van der Waals surface area contributed by atoms with E-state index in [2.05, 4.69) is 56.3 Å². The highest BCUT2D eigenvalue weighted by Crippen LogP contribution is 2.25. The zero-order valence-corrected chi connectivity index (χ0v) is 16.4. The number of nitrogens with zero attached hydrogens (tertiary/aromatic N) is 6. The van der Waals surface area contributed by atoms with Crippen molar-refractivity contribution in [1.29, 1.82) is 0 Å². The first kappa shape index (κ1) is 18.5. The van der Waals surface area contributed by atoms with Crippen molar-refractivity contribution in [2.45, 2.75) is 26.9 Å². The fourth-order valence-corrected chi connectivity index (χ4v) is 3.42. The number of aryl methyl sites for hydroxylation is 2. The summed E-state index contributed by atoms with van der Waals surface area (Å²) in [6, 6.07) is 6.07. The van der Waals surface area contributed by atoms with Crippen molar-refractivity contribution in [2.75, 3.05) is 38.1 Å². The first-order valence-electron chi connectivity index (χ1n) is 8.95. The van der Waals surface area contributed by atoms with E-state index in [1.807, 2.05) is 17.7 Å². The average Bonchev–Trinajstić information content (AvgIpc) is 3.12. The van der Waals surface area contributed by atoms with Crippen molar-refractivity contribution in [3.05, 3.63) is 40.9 Å². The lowest BCUT2D eigenvalue weighted by molar-refractivity contribution is 0.371. The molecule has 2 aromatic rings. The molecule has 0 saturated carbocycles. The van der Waals surface area contributed by atoms with Crippen LogP contribution in [0.2, 0.25) is 5.02 Å². The molecule has 0 aliphatic carbocycles. The molecule has 0 amide bonds. The molecule has 0 radical (unpaired) electrons. The van der Waals surface area contributed by atoms with Crippen LogP contribution in [0.4, 0.5) is 5.69 Å². The van der Waals surface area contributed by atoms with E-state index < -0.39 is 0 Å². The molecule has 0 unspecified atom stereocenters. The van der Waals surface area contributed by atoms with E-state index in [4.69, 9.17) is 11.6 Å². The molecule has 7 nitrogen and oxygen atoms in total. The zero-order chi connectivity index (χ0) is 18.5. The average molecular weight is 376 g/mol. The Bertz CT molecular complexity index is 763. The van der Waals surface area contributed by atoms with Crippen LogP contribution >= 0.6 is 11.6 Å². The van der Waals surface area contributed by atoms with Gasteiger partial charge in [-0.3, -0.25) is 4.99 Å². The smallest absolute Gasteiger partial charge is 0.194 e. The Morgan fingerprint density at radius 1 is 1.27 bits per heavy atom. The first-order valence-corrected chi connectivity index (χ1v) is 9.33. The number of rotatable bonds is 4. The second-order valence-electron chi connectivity index (χ2n) is 6.34. The Morgan fingerprint density at radius 2 is 2.04 bits per heavy atom. The molecular weight excluding hydrogens is 350 g/mol. The van der Waals surface area contributed by atoms with Crippen LogP contribution in [-0.2, 0) is 13.1 Å². The Labute approximate surface area is 159 Å². The minimum absolute atomic E-state index is 0.619. The molecule has 0 atom stereocenters. The number of halogens is 1. The third kappa shape index (κ3) is 4.09. The van der Waals surface area contributed by atoms with Crippen molar-refractivity contribution >= 4 is 23.2 Å². The van der Waals surface area contributed by atoms with Gasteiger partial charge in [0.25, 0.3) is 0 Å². The summed E-state index contributed by atoms with van der Waals surface area (Å²) in [4.78, 5) is 9.10. The molecule has 1 aliphatic rings. The summed E-state index contributed by atoms with van der Waals surface area (Å²) >= 11 is 6.17. The number of hydrogen-bond acceptors (Lipinski definition) is 4. The maximum absolute atomic E-state index is 6.17. The van der Waals surface area contributed by atoms with Crippen molar-refractivity contribution in [3.63, 3.8) is 0 Å². The maximum atomic E-state index is 6.17. The number of benzene rings is 1. The van der Waals surface area contributed by atoms with Crippen LogP contribution in [-0.4, -0.2) is 58.9 Å². The number of anilines is 1. The predicted octanol–water partition coefficient (Wildman–Crippen LogP) is 2.16. The molecule has 1 aromatic heterocycles. The molecule has 1 saturated heterocycles. The van der Waals surface area contributed by atoms with Gasteiger partial charge in [-0.15, -0.1) is 10.2 Å². The minimum atomic E-state index is 0.619. The van der Waals surface area contributed by atoms with E-state index in [9.17, 15) is 0 Å². The molecule has 140 valence electrons. The van der Waals surface area contributed by atoms with Crippen LogP contribution in [0.15, 0.2) is 29.5 Å². The SMILES string of the molecule is CCn1cnnc1CNC(=NC)N1CCN(c2cc(Cl)ccc2C)CC1. The van der Waals surface area contributed by atoms with Gasteiger partial charge >= 0.3 is 0 Å². The van der Waals surface area contributed by atoms with Gasteiger partial charge in [-0.25, -0.2) is 0 Å². The maximum Gasteiger partial charge on any atom is 0.194 e. The van der Waals surface area contributed by atoms with E-state index in [1.165, 1.54) is 11.3 Å². The van der Waals surface area contributed by atoms with Crippen molar-refractivity contribution in [2.24, 2.45) is 4.99 Å². The van der Waals surface area contributed by atoms with Crippen LogP contribution in [0.3, 0.4) is 0 Å². The van der Waals surface area contributed by atoms with E-state index in [0.29, 0.717) is 6.54 Å². The number of guanidine groups is 1. The summed E-state index contributed by atoms with van der Waals surface area (Å²) in [6.07, 6.45) is 1.76. The topological polar surface area (TPSA) is 61.6 Å². The summed E-state index contributed by atoms with van der Waals surface area (Å²) in [5, 5.41) is 12.3. The molecule has 8 heteroatoms. The van der Waals surface area contributed by atoms with E-state index >= 15 is 0 Å². The van der Waals surface area contributed by atoms with Crippen molar-refractivity contribution in [1.82, 2.24) is 25.0 Å². The van der Waals surface area contributed by atoms with Crippen molar-refractivity contribution in [3.8, 4) is 0 Å². The highest BCUT2D eigenvalue weighted by molar-refractivity contribution is 6.30. The second-order valence-corrected chi connectivity index (χ2v) is 6.78. The molecule has 0 bridgehead atoms. The van der Waals surface area contributed by atoms with Gasteiger partial charge in [-0.05, 0) is 31.5 Å². The van der Waals surface area contributed by atoms with Gasteiger partial charge in [0.05, 0.1) is 6.54 Å². The molecule has 3 rings (SSSR count). The fourth-order valence-electron chi connectivity index (χ4n) is 3.25. The molecule has 1 fully saturated rings. The largest absolute Gasteiger partial charge is 0.368 e. The molecule has 2 heterocycles. The van der Waals surface area contributed by atoms with Crippen molar-refractivity contribution < 1.29 is 0 Å². The second kappa shape index (κ2) is 8.40. The highest BCUT2D eigenvalue weighted by Gasteiger charge is 2.21. The molecule has 1 aliphatic heterocycles. The van der Waals surface area contributed by atoms with Gasteiger partial charge < -0.3 is 19.7 Å². The van der Waals surface area contributed by atoms with E-state index in [-0.39, 0.29) is 0 Å². The normalized spacial score (nSPS) is 15.5. The summed E-state index contributed by atoms with van der Waals surface area (Å²) in [5.41, 5.74) is 2.47. The number of hydrogen-bond donors (Lipinski definition) is 1. The third-order valence-corrected chi connectivity index (χ3v) is 4.98. The predicted molar refractivity (Wildman–Crippen MR) is 106 cm³/mol. The van der Waals surface area contributed by atoms with E-state index in [0.717, 1.165) is 49.5 Å². The van der Waals surface area contributed by atoms with Crippen LogP contribution in [0.25, 0.3) is 0 Å². The monoisotopic (exact) mass is 375 g/mol. The molecule has 1 aromatic carbocycles. The van der Waals surface area contributed by atoms with Gasteiger partial charge in [-0.1, -0.05) is 17.7 Å². The molecule has 0 spiro atoms. The standard InChI is InChI=1S/C18H26ClN7/c1-4-24-13-22-23-17(24)12-21-18(20-3)26-9-7-25(8-10-26)16-11-15(19)6-5-14(16)2/h5-6,11,13H,4,7-10,12H2,1-3H3,(H,20,21). The highest BCUT2D eigenvalue weighted by atomic mass is 35.5. The zero-order valence-electron chi connectivity index (χ0n) is 15.6. The van der Waals surface area contributed by atoms with Gasteiger partial charge in [0.1, 0.15) is 6.33 Å². The van der Waals surface area contributed by atoms with Gasteiger partial charge in [0.2, 0.25) is 0 Å². The van der Waals surface area contributed by atoms with Gasteiger partial charge in [0.15, 0.2) is 11.8 Å². The summed E-state index contributed by atoms with van der Waals surface area (Å²) in [5.74, 6) is 1.82. The Morgan fingerprint density at radius 3 is 2.73 bits per heavy atom. The lowest BCUT2D eigenvalue weighted by Crippen LogP contribution is -2.52. The summed E-state index contributed by atoms with van der Waals surface area (Å²) < 4.78 is 2.03. The summed E-state index contributed by atoms with van der Waals surface area (Å²) in [6.45, 7) is 9.38. The van der Waals surface area contributed by atoms with Gasteiger partial charge in [0, 0.05) is 50.5 Å². The first-order chi connectivity index (χ1) is 12.6. The van der Waals surface area contributed by atoms with E-state index in [1.54, 1.807) is 6.33 Å². The van der Waals surface area contributed by atoms with Crippen LogP contribution in [0.5, 0.6) is 0 Å². The quantitative estimate of drug-likeness (QED) is 0.655. The Balaban J connectivity index is 1.58. The molecule has 26 heavy (non-hydrogen) atoms.